The molecular weight excluding hydrogens is 102 g/mol. The Kier molecular flexibility index (Phi) is 1.51. The van der Waals surface area contributed by atoms with Crippen LogP contribution in [-0.4, -0.2) is 11.9 Å². The van der Waals surface area contributed by atoms with E-state index in [2.05, 4.69) is 5.32 Å². The van der Waals surface area contributed by atoms with Crippen LogP contribution in [0.5, 0.6) is 0 Å². The number of carbonyl (C=O) groups is 1. The van der Waals surface area contributed by atoms with Crippen molar-refractivity contribution in [1.82, 2.24) is 5.32 Å². The quantitative estimate of drug-likeness (QED) is 0.532. The first-order chi connectivity index (χ1) is 3.79. The summed E-state index contributed by atoms with van der Waals surface area (Å²) in [6, 6.07) is 0.507. The second-order valence-corrected chi connectivity index (χ2v) is 2.33. The summed E-state index contributed by atoms with van der Waals surface area (Å²) in [5.74, 6) is 0.106. The van der Waals surface area contributed by atoms with Crippen molar-refractivity contribution in [2.75, 3.05) is 0 Å². The van der Waals surface area contributed by atoms with Crippen LogP contribution in [0.4, 0.5) is 0 Å². The Morgan fingerprint density at radius 3 is 2.38 bits per heavy atom. The lowest BCUT2D eigenvalue weighted by Gasteiger charge is -2.25. The molecule has 1 aliphatic carbocycles. The van der Waals surface area contributed by atoms with Crippen molar-refractivity contribution in [3.63, 3.8) is 0 Å². The molecule has 0 unspecified atom stereocenters. The van der Waals surface area contributed by atoms with Gasteiger partial charge in [-0.2, -0.15) is 0 Å². The summed E-state index contributed by atoms with van der Waals surface area (Å²) in [5.41, 5.74) is 0. The third-order valence-electron chi connectivity index (χ3n) is 1.51. The van der Waals surface area contributed by atoms with Crippen molar-refractivity contribution in [2.45, 2.75) is 32.2 Å². The van der Waals surface area contributed by atoms with Gasteiger partial charge in [0.15, 0.2) is 0 Å². The first-order valence-corrected chi connectivity index (χ1v) is 3.06. The van der Waals surface area contributed by atoms with E-state index in [4.69, 9.17) is 0 Å². The van der Waals surface area contributed by atoms with Crippen LogP contribution in [0, 0.1) is 0 Å². The van der Waals surface area contributed by atoms with Gasteiger partial charge in [-0.3, -0.25) is 4.79 Å². The number of rotatable bonds is 1. The molecule has 1 N–H and O–H groups in total. The molecule has 0 aromatic carbocycles. The van der Waals surface area contributed by atoms with Gasteiger partial charge in [-0.15, -0.1) is 0 Å². The predicted molar refractivity (Wildman–Crippen MR) is 31.5 cm³/mol. The van der Waals surface area contributed by atoms with Crippen molar-refractivity contribution in [2.24, 2.45) is 0 Å². The minimum absolute atomic E-state index is 0.106. The summed E-state index contributed by atoms with van der Waals surface area (Å²) in [7, 11) is 0. The van der Waals surface area contributed by atoms with E-state index in [1.54, 1.807) is 6.92 Å². The molecule has 0 bridgehead atoms. The van der Waals surface area contributed by atoms with E-state index in [0.29, 0.717) is 6.04 Å². The second kappa shape index (κ2) is 2.16. The largest absolute Gasteiger partial charge is 0.354 e. The molecular formula is C6H11NO. The normalized spacial score (nSPS) is 19.6. The highest BCUT2D eigenvalue weighted by Crippen LogP contribution is 2.17. The molecule has 0 aromatic heterocycles. The molecule has 0 spiro atoms. The first kappa shape index (κ1) is 5.60. The van der Waals surface area contributed by atoms with Crippen LogP contribution in [0.15, 0.2) is 0 Å². The molecule has 1 saturated carbocycles. The van der Waals surface area contributed by atoms with E-state index in [9.17, 15) is 4.79 Å². The third-order valence-corrected chi connectivity index (χ3v) is 1.51. The summed E-state index contributed by atoms with van der Waals surface area (Å²) >= 11 is 0. The SMILES string of the molecule is CC(=O)NC1CCC1. The van der Waals surface area contributed by atoms with Gasteiger partial charge in [-0.25, -0.2) is 0 Å². The van der Waals surface area contributed by atoms with Crippen LogP contribution < -0.4 is 5.32 Å². The molecule has 1 amide bonds. The van der Waals surface area contributed by atoms with Crippen molar-refractivity contribution >= 4 is 5.91 Å². The summed E-state index contributed by atoms with van der Waals surface area (Å²) in [6.07, 6.45) is 3.64. The molecule has 1 fully saturated rings. The third kappa shape index (κ3) is 1.22. The molecule has 0 radical (unpaired) electrons. The highest BCUT2D eigenvalue weighted by molar-refractivity contribution is 5.73. The number of carbonyl (C=O) groups excluding carboxylic acids is 1. The molecule has 1 rings (SSSR count). The van der Waals surface area contributed by atoms with Crippen LogP contribution in [0.25, 0.3) is 0 Å². The first-order valence-electron chi connectivity index (χ1n) is 3.06. The molecule has 0 saturated heterocycles. The van der Waals surface area contributed by atoms with Gasteiger partial charge < -0.3 is 5.32 Å². The molecule has 0 heterocycles. The van der Waals surface area contributed by atoms with Crippen LogP contribution in [0.2, 0.25) is 0 Å². The standard InChI is InChI=1S/C6H11NO/c1-5(8)7-6-3-2-4-6/h6H,2-4H2,1H3,(H,7,8). The topological polar surface area (TPSA) is 29.1 Å². The van der Waals surface area contributed by atoms with Crippen LogP contribution >= 0.6 is 0 Å². The van der Waals surface area contributed by atoms with Gasteiger partial charge in [0.25, 0.3) is 0 Å². The average molecular weight is 113 g/mol. The Morgan fingerprint density at radius 1 is 1.62 bits per heavy atom. The number of nitrogens with one attached hydrogen (secondary N) is 1. The van der Waals surface area contributed by atoms with E-state index < -0.39 is 0 Å². The average Bonchev–Trinajstić information content (AvgIpc) is 1.55. The fourth-order valence-corrected chi connectivity index (χ4v) is 0.840. The maximum absolute atomic E-state index is 10.3. The lowest BCUT2D eigenvalue weighted by atomic mass is 9.93. The highest BCUT2D eigenvalue weighted by Gasteiger charge is 2.16. The fraction of sp³-hybridized carbons (Fsp3) is 0.833. The molecule has 0 atom stereocenters. The summed E-state index contributed by atoms with van der Waals surface area (Å²) in [4.78, 5) is 10.3. The van der Waals surface area contributed by atoms with Gasteiger partial charge in [0.05, 0.1) is 0 Å². The van der Waals surface area contributed by atoms with Gasteiger partial charge in [0.1, 0.15) is 0 Å². The van der Waals surface area contributed by atoms with Crippen LogP contribution in [0.3, 0.4) is 0 Å². The van der Waals surface area contributed by atoms with Crippen LogP contribution in [-0.2, 0) is 4.79 Å². The number of amides is 1. The van der Waals surface area contributed by atoms with Gasteiger partial charge in [-0.05, 0) is 19.3 Å². The minimum atomic E-state index is 0.106. The highest BCUT2D eigenvalue weighted by atomic mass is 16.1. The zero-order chi connectivity index (χ0) is 5.98. The lowest BCUT2D eigenvalue weighted by Crippen LogP contribution is -2.37. The van der Waals surface area contributed by atoms with E-state index in [1.807, 2.05) is 0 Å². The lowest BCUT2D eigenvalue weighted by molar-refractivity contribution is -0.120. The maximum Gasteiger partial charge on any atom is 0.217 e. The Labute approximate surface area is 49.3 Å². The van der Waals surface area contributed by atoms with Gasteiger partial charge >= 0.3 is 0 Å². The minimum Gasteiger partial charge on any atom is -0.354 e. The molecule has 2 nitrogen and oxygen atoms in total. The number of hydrogen-bond donors (Lipinski definition) is 1. The summed E-state index contributed by atoms with van der Waals surface area (Å²) < 4.78 is 0. The van der Waals surface area contributed by atoms with Gasteiger partial charge in [-0.1, -0.05) is 0 Å². The predicted octanol–water partition coefficient (Wildman–Crippen LogP) is 0.675. The Balaban J connectivity index is 2.09. The Morgan fingerprint density at radius 2 is 2.25 bits per heavy atom. The Bertz CT molecular complexity index is 96.7. The number of hydrogen-bond acceptors (Lipinski definition) is 1. The smallest absolute Gasteiger partial charge is 0.217 e. The molecule has 1 aliphatic rings. The molecule has 0 aromatic rings. The fourth-order valence-electron chi connectivity index (χ4n) is 0.840. The molecule has 46 valence electrons. The molecule has 2 heteroatoms. The van der Waals surface area contributed by atoms with E-state index >= 15 is 0 Å². The molecule has 0 aliphatic heterocycles. The van der Waals surface area contributed by atoms with Crippen molar-refractivity contribution < 1.29 is 4.79 Å². The Hall–Kier alpha value is -0.530. The van der Waals surface area contributed by atoms with E-state index in [0.717, 1.165) is 0 Å². The van der Waals surface area contributed by atoms with Crippen LogP contribution in [0.1, 0.15) is 26.2 Å². The van der Waals surface area contributed by atoms with E-state index in [1.165, 1.54) is 19.3 Å². The zero-order valence-electron chi connectivity index (χ0n) is 5.11. The second-order valence-electron chi connectivity index (χ2n) is 2.33. The van der Waals surface area contributed by atoms with Gasteiger partial charge in [0, 0.05) is 13.0 Å². The summed E-state index contributed by atoms with van der Waals surface area (Å²) in [5, 5.41) is 2.84. The van der Waals surface area contributed by atoms with E-state index in [-0.39, 0.29) is 5.91 Å². The zero-order valence-corrected chi connectivity index (χ0v) is 5.11. The molecule has 8 heavy (non-hydrogen) atoms. The monoisotopic (exact) mass is 113 g/mol. The van der Waals surface area contributed by atoms with Crippen molar-refractivity contribution in [3.8, 4) is 0 Å². The van der Waals surface area contributed by atoms with Gasteiger partial charge in [0.2, 0.25) is 5.91 Å². The summed E-state index contributed by atoms with van der Waals surface area (Å²) in [6.45, 7) is 1.57. The van der Waals surface area contributed by atoms with Crippen molar-refractivity contribution in [3.05, 3.63) is 0 Å². The van der Waals surface area contributed by atoms with Crippen molar-refractivity contribution in [1.29, 1.82) is 0 Å². The maximum atomic E-state index is 10.3.